The van der Waals surface area contributed by atoms with Crippen LogP contribution in [0.25, 0.3) is 4.85 Å². The van der Waals surface area contributed by atoms with Crippen LogP contribution >= 0.6 is 23.2 Å². The predicted octanol–water partition coefficient (Wildman–Crippen LogP) is 2.20. The molecule has 1 heterocycles. The number of anilines is 1. The van der Waals surface area contributed by atoms with E-state index in [0.29, 0.717) is 15.6 Å². The van der Waals surface area contributed by atoms with Crippen molar-refractivity contribution in [2.75, 3.05) is 5.43 Å². The van der Waals surface area contributed by atoms with Gasteiger partial charge in [0.1, 0.15) is 0 Å². The molecule has 2 aromatic rings. The van der Waals surface area contributed by atoms with Crippen LogP contribution in [0.4, 0.5) is 5.95 Å². The van der Waals surface area contributed by atoms with Gasteiger partial charge in [-0.3, -0.25) is 0 Å². The Labute approximate surface area is 112 Å². The second kappa shape index (κ2) is 5.44. The molecule has 0 spiro atoms. The quantitative estimate of drug-likeness (QED) is 0.391. The Hall–Kier alpha value is -2.17. The number of H-pyrrole nitrogens is 1. The number of tetrazole rings is 1. The predicted molar refractivity (Wildman–Crippen MR) is 67.4 cm³/mol. The summed E-state index contributed by atoms with van der Waals surface area (Å²) in [5, 5.41) is 17.5. The van der Waals surface area contributed by atoms with E-state index in [4.69, 9.17) is 29.8 Å². The molecule has 0 amide bonds. The Bertz CT molecular complexity index is 614. The summed E-state index contributed by atoms with van der Waals surface area (Å²) in [5.74, 6) is 0.225. The normalized spacial score (nSPS) is 11.1. The third-order valence-electron chi connectivity index (χ3n) is 1.89. The van der Waals surface area contributed by atoms with E-state index < -0.39 is 0 Å². The molecule has 0 aliphatic carbocycles. The van der Waals surface area contributed by atoms with Crippen molar-refractivity contribution in [2.24, 2.45) is 5.10 Å². The fourth-order valence-corrected chi connectivity index (χ4v) is 1.62. The molecule has 0 aliphatic heterocycles. The lowest BCUT2D eigenvalue weighted by molar-refractivity contribution is 0.881. The molecule has 90 valence electrons. The Morgan fingerprint density at radius 1 is 1.44 bits per heavy atom. The highest BCUT2D eigenvalue weighted by Crippen LogP contribution is 2.22. The summed E-state index contributed by atoms with van der Waals surface area (Å²) in [6.07, 6.45) is 0. The first-order valence-electron chi connectivity index (χ1n) is 4.60. The fraction of sp³-hybridized carbons (Fsp3) is 0. The maximum Gasteiger partial charge on any atom is 0.302 e. The van der Waals surface area contributed by atoms with Crippen molar-refractivity contribution in [1.29, 1.82) is 0 Å². The number of hydrogen-bond acceptors (Lipinski definition) is 5. The van der Waals surface area contributed by atoms with E-state index in [-0.39, 0.29) is 11.8 Å². The monoisotopic (exact) mass is 281 g/mol. The minimum absolute atomic E-state index is 0.0708. The standard InChI is InChI=1S/C9H5Cl2N7/c1-12-8(13-14-9-15-17-18-16-9)6-3-2-5(10)4-7(6)11/h2-4H,(H2,14,15,16,17,18)/b13-8-. The van der Waals surface area contributed by atoms with E-state index in [1.165, 1.54) is 6.07 Å². The molecule has 18 heavy (non-hydrogen) atoms. The Morgan fingerprint density at radius 2 is 2.28 bits per heavy atom. The zero-order valence-electron chi connectivity index (χ0n) is 8.72. The van der Waals surface area contributed by atoms with E-state index in [1.807, 2.05) is 0 Å². The highest BCUT2D eigenvalue weighted by atomic mass is 35.5. The molecule has 0 aliphatic rings. The molecular weight excluding hydrogens is 277 g/mol. The molecular formula is C9H5Cl2N7. The minimum Gasteiger partial charge on any atom is -0.358 e. The van der Waals surface area contributed by atoms with Gasteiger partial charge in [-0.15, -0.1) is 5.10 Å². The smallest absolute Gasteiger partial charge is 0.302 e. The minimum atomic E-state index is 0.0708. The zero-order chi connectivity index (χ0) is 13.0. The van der Waals surface area contributed by atoms with Gasteiger partial charge in [0, 0.05) is 15.6 Å². The maximum atomic E-state index is 7.07. The molecule has 0 unspecified atom stereocenters. The van der Waals surface area contributed by atoms with Crippen molar-refractivity contribution < 1.29 is 0 Å². The summed E-state index contributed by atoms with van der Waals surface area (Å²) in [5.41, 5.74) is 2.95. The first-order valence-corrected chi connectivity index (χ1v) is 5.36. The van der Waals surface area contributed by atoms with Crippen LogP contribution in [-0.2, 0) is 0 Å². The number of benzene rings is 1. The first-order chi connectivity index (χ1) is 8.70. The van der Waals surface area contributed by atoms with Crippen molar-refractivity contribution >= 4 is 35.0 Å². The van der Waals surface area contributed by atoms with Crippen LogP contribution < -0.4 is 5.43 Å². The fourth-order valence-electron chi connectivity index (χ4n) is 1.13. The average molecular weight is 282 g/mol. The van der Waals surface area contributed by atoms with E-state index in [2.05, 4.69) is 36.0 Å². The van der Waals surface area contributed by atoms with Crippen molar-refractivity contribution in [2.45, 2.75) is 0 Å². The Kier molecular flexibility index (Phi) is 3.72. The van der Waals surface area contributed by atoms with Crippen LogP contribution in [0.1, 0.15) is 5.56 Å². The summed E-state index contributed by atoms with van der Waals surface area (Å²) >= 11 is 11.8. The van der Waals surface area contributed by atoms with Crippen LogP contribution in [0.2, 0.25) is 10.0 Å². The molecule has 1 aromatic heterocycles. The molecule has 0 atom stereocenters. The van der Waals surface area contributed by atoms with Gasteiger partial charge in [-0.1, -0.05) is 40.9 Å². The molecule has 1 aromatic carbocycles. The van der Waals surface area contributed by atoms with Gasteiger partial charge in [-0.25, -0.2) is 0 Å². The largest absolute Gasteiger partial charge is 0.358 e. The Morgan fingerprint density at radius 3 is 2.89 bits per heavy atom. The number of aromatic amines is 1. The van der Waals surface area contributed by atoms with Gasteiger partial charge in [0.15, 0.2) is 0 Å². The van der Waals surface area contributed by atoms with Gasteiger partial charge >= 0.3 is 5.84 Å². The van der Waals surface area contributed by atoms with Gasteiger partial charge in [0.05, 0.1) is 0 Å². The number of nitrogens with zero attached hydrogens (tertiary/aromatic N) is 5. The highest BCUT2D eigenvalue weighted by molar-refractivity contribution is 6.37. The number of halogens is 2. The lowest BCUT2D eigenvalue weighted by atomic mass is 10.2. The zero-order valence-corrected chi connectivity index (χ0v) is 10.2. The molecule has 7 nitrogen and oxygen atoms in total. The summed E-state index contributed by atoms with van der Waals surface area (Å²) in [6.45, 7) is 7.07. The van der Waals surface area contributed by atoms with Gasteiger partial charge in [-0.2, -0.15) is 10.6 Å². The van der Waals surface area contributed by atoms with E-state index in [9.17, 15) is 0 Å². The molecule has 2 N–H and O–H groups in total. The lowest BCUT2D eigenvalue weighted by Crippen LogP contribution is -2.01. The first kappa shape index (κ1) is 12.3. The van der Waals surface area contributed by atoms with Crippen LogP contribution in [0.15, 0.2) is 23.3 Å². The van der Waals surface area contributed by atoms with Crippen molar-refractivity contribution in [1.82, 2.24) is 20.6 Å². The number of hydrogen-bond donors (Lipinski definition) is 2. The van der Waals surface area contributed by atoms with Gasteiger partial charge in [0.25, 0.3) is 5.95 Å². The summed E-state index contributed by atoms with van der Waals surface area (Å²) in [4.78, 5) is 3.27. The van der Waals surface area contributed by atoms with Crippen LogP contribution in [0.5, 0.6) is 0 Å². The highest BCUT2D eigenvalue weighted by Gasteiger charge is 2.10. The van der Waals surface area contributed by atoms with Crippen molar-refractivity contribution in [3.8, 4) is 0 Å². The van der Waals surface area contributed by atoms with Gasteiger partial charge in [-0.05, 0) is 22.4 Å². The van der Waals surface area contributed by atoms with Crippen LogP contribution in [-0.4, -0.2) is 26.5 Å². The van der Waals surface area contributed by atoms with Gasteiger partial charge in [0.2, 0.25) is 0 Å². The topological polar surface area (TPSA) is 83.2 Å². The third kappa shape index (κ3) is 2.74. The maximum absolute atomic E-state index is 7.07. The molecule has 0 saturated carbocycles. The number of rotatable bonds is 3. The Balaban J connectivity index is 2.28. The van der Waals surface area contributed by atoms with Crippen molar-refractivity contribution in [3.63, 3.8) is 0 Å². The second-order valence-corrected chi connectivity index (χ2v) is 3.86. The number of amidine groups is 1. The third-order valence-corrected chi connectivity index (χ3v) is 2.43. The molecule has 2 rings (SSSR count). The SMILES string of the molecule is [C-]#[N+]/C(=N\Nc1nn[nH]n1)c1ccc(Cl)cc1Cl. The number of hydrazone groups is 1. The van der Waals surface area contributed by atoms with Crippen molar-refractivity contribution in [3.05, 3.63) is 45.2 Å². The molecule has 0 radical (unpaired) electrons. The van der Waals surface area contributed by atoms with E-state index in [0.717, 1.165) is 0 Å². The molecule has 0 saturated heterocycles. The second-order valence-electron chi connectivity index (χ2n) is 3.02. The van der Waals surface area contributed by atoms with Gasteiger partial charge < -0.3 is 4.85 Å². The van der Waals surface area contributed by atoms with Crippen LogP contribution in [0, 0.1) is 6.57 Å². The van der Waals surface area contributed by atoms with E-state index in [1.54, 1.807) is 12.1 Å². The molecule has 0 fully saturated rings. The number of nitrogens with one attached hydrogen (secondary N) is 2. The molecule has 0 bridgehead atoms. The summed E-state index contributed by atoms with van der Waals surface area (Å²) < 4.78 is 0. The van der Waals surface area contributed by atoms with E-state index >= 15 is 0 Å². The summed E-state index contributed by atoms with van der Waals surface area (Å²) in [6, 6.07) is 4.77. The lowest BCUT2D eigenvalue weighted by Gasteiger charge is -2.01. The van der Waals surface area contributed by atoms with Crippen LogP contribution in [0.3, 0.4) is 0 Å². The number of aromatic nitrogens is 4. The molecule has 9 heteroatoms. The summed E-state index contributed by atoms with van der Waals surface area (Å²) in [7, 11) is 0. The average Bonchev–Trinajstić information content (AvgIpc) is 2.85.